The Morgan fingerprint density at radius 1 is 1.48 bits per heavy atom. The van der Waals surface area contributed by atoms with Crippen molar-refractivity contribution in [3.05, 3.63) is 40.2 Å². The summed E-state index contributed by atoms with van der Waals surface area (Å²) >= 11 is 0. The van der Waals surface area contributed by atoms with Crippen molar-refractivity contribution in [2.24, 2.45) is 5.92 Å². The van der Waals surface area contributed by atoms with Crippen LogP contribution < -0.4 is 10.6 Å². The molecule has 0 saturated carbocycles. The summed E-state index contributed by atoms with van der Waals surface area (Å²) in [6, 6.07) is 5.24. The standard InChI is InChI=1S/C15H18N4O2/c1-10-6-12-13(9-17-10)15(19(20)21)3-2-14(12)18-8-11-4-5-16-7-11/h2-3,6,9,11,16,18H,4-5,7-8H2,1H3. The number of fused-ring (bicyclic) bond motifs is 1. The van der Waals surface area contributed by atoms with Gasteiger partial charge in [-0.25, -0.2) is 0 Å². The van der Waals surface area contributed by atoms with E-state index in [1.165, 1.54) is 6.42 Å². The molecule has 1 aliphatic heterocycles. The number of aromatic nitrogens is 1. The number of pyridine rings is 1. The third-order valence-electron chi connectivity index (χ3n) is 3.95. The maximum absolute atomic E-state index is 11.1. The number of anilines is 1. The van der Waals surface area contributed by atoms with Crippen molar-refractivity contribution in [2.75, 3.05) is 25.0 Å². The Morgan fingerprint density at radius 2 is 2.33 bits per heavy atom. The van der Waals surface area contributed by atoms with Crippen molar-refractivity contribution in [3.63, 3.8) is 0 Å². The molecule has 1 aromatic carbocycles. The van der Waals surface area contributed by atoms with E-state index < -0.39 is 0 Å². The molecule has 1 fully saturated rings. The van der Waals surface area contributed by atoms with Crippen LogP contribution in [0.25, 0.3) is 10.8 Å². The Kier molecular flexibility index (Phi) is 3.70. The third kappa shape index (κ3) is 2.80. The largest absolute Gasteiger partial charge is 0.384 e. The van der Waals surface area contributed by atoms with Crippen molar-refractivity contribution in [1.82, 2.24) is 10.3 Å². The Morgan fingerprint density at radius 3 is 3.05 bits per heavy atom. The average Bonchev–Trinajstić information content (AvgIpc) is 2.97. The number of nitro groups is 1. The number of benzene rings is 1. The summed E-state index contributed by atoms with van der Waals surface area (Å²) in [6.07, 6.45) is 2.75. The van der Waals surface area contributed by atoms with Crippen molar-refractivity contribution in [3.8, 4) is 0 Å². The molecule has 6 nitrogen and oxygen atoms in total. The van der Waals surface area contributed by atoms with Gasteiger partial charge in [0.25, 0.3) is 5.69 Å². The van der Waals surface area contributed by atoms with Gasteiger partial charge in [-0.1, -0.05) is 0 Å². The van der Waals surface area contributed by atoms with Crippen LogP contribution in [0.1, 0.15) is 12.1 Å². The van der Waals surface area contributed by atoms with Gasteiger partial charge in [0, 0.05) is 35.6 Å². The lowest BCUT2D eigenvalue weighted by Gasteiger charge is -2.13. The van der Waals surface area contributed by atoms with Crippen molar-refractivity contribution in [1.29, 1.82) is 0 Å². The molecule has 0 amide bonds. The number of nitro benzene ring substituents is 1. The highest BCUT2D eigenvalue weighted by Gasteiger charge is 2.17. The van der Waals surface area contributed by atoms with Crippen molar-refractivity contribution >= 4 is 22.1 Å². The van der Waals surface area contributed by atoms with Gasteiger partial charge in [0.05, 0.1) is 10.3 Å². The average molecular weight is 286 g/mol. The quantitative estimate of drug-likeness (QED) is 0.666. The Hall–Kier alpha value is -2.21. The Labute approximate surface area is 122 Å². The van der Waals surface area contributed by atoms with E-state index in [2.05, 4.69) is 15.6 Å². The highest BCUT2D eigenvalue weighted by Crippen LogP contribution is 2.31. The lowest BCUT2D eigenvalue weighted by atomic mass is 10.1. The van der Waals surface area contributed by atoms with Crippen LogP contribution in [0, 0.1) is 23.0 Å². The van der Waals surface area contributed by atoms with Gasteiger partial charge < -0.3 is 10.6 Å². The minimum atomic E-state index is -0.357. The number of aryl methyl sites for hydroxylation is 1. The van der Waals surface area contributed by atoms with Crippen molar-refractivity contribution < 1.29 is 4.92 Å². The van der Waals surface area contributed by atoms with Gasteiger partial charge in [0.15, 0.2) is 0 Å². The Balaban J connectivity index is 1.96. The van der Waals surface area contributed by atoms with Crippen LogP contribution in [0.3, 0.4) is 0 Å². The van der Waals surface area contributed by atoms with Crippen LogP contribution in [-0.4, -0.2) is 29.5 Å². The molecule has 1 atom stereocenters. The number of non-ortho nitro benzene ring substituents is 1. The van der Waals surface area contributed by atoms with Crippen molar-refractivity contribution in [2.45, 2.75) is 13.3 Å². The summed E-state index contributed by atoms with van der Waals surface area (Å²) in [5.41, 5.74) is 1.90. The van der Waals surface area contributed by atoms with Crippen LogP contribution in [-0.2, 0) is 0 Å². The Bertz CT molecular complexity index is 681. The molecular weight excluding hydrogens is 268 g/mol. The molecule has 2 heterocycles. The minimum absolute atomic E-state index is 0.102. The molecule has 0 spiro atoms. The zero-order valence-corrected chi connectivity index (χ0v) is 11.9. The van der Waals surface area contributed by atoms with Gasteiger partial charge in [0.1, 0.15) is 0 Å². The number of nitrogens with one attached hydrogen (secondary N) is 2. The van der Waals surface area contributed by atoms with E-state index in [9.17, 15) is 10.1 Å². The summed E-state index contributed by atoms with van der Waals surface area (Å²) < 4.78 is 0. The monoisotopic (exact) mass is 286 g/mol. The van der Waals surface area contributed by atoms with Gasteiger partial charge in [-0.05, 0) is 44.5 Å². The molecule has 1 aromatic heterocycles. The normalized spacial score (nSPS) is 18.0. The van der Waals surface area contributed by atoms with E-state index in [4.69, 9.17) is 0 Å². The third-order valence-corrected chi connectivity index (χ3v) is 3.95. The summed E-state index contributed by atoms with van der Waals surface area (Å²) in [7, 11) is 0. The second-order valence-electron chi connectivity index (χ2n) is 5.50. The first-order valence-electron chi connectivity index (χ1n) is 7.13. The fourth-order valence-electron chi connectivity index (χ4n) is 2.78. The van der Waals surface area contributed by atoms with Gasteiger partial charge in [-0.15, -0.1) is 0 Å². The number of hydrogen-bond acceptors (Lipinski definition) is 5. The van der Waals surface area contributed by atoms with Crippen LogP contribution in [0.5, 0.6) is 0 Å². The van der Waals surface area contributed by atoms with E-state index in [1.807, 2.05) is 13.0 Å². The molecule has 0 aliphatic carbocycles. The fourth-order valence-corrected chi connectivity index (χ4v) is 2.78. The predicted octanol–water partition coefficient (Wildman–Crippen LogP) is 2.47. The summed E-state index contributed by atoms with van der Waals surface area (Å²) in [5, 5.41) is 19.3. The molecule has 1 aliphatic rings. The predicted molar refractivity (Wildman–Crippen MR) is 82.6 cm³/mol. The number of nitrogens with zero attached hydrogens (tertiary/aromatic N) is 2. The lowest BCUT2D eigenvalue weighted by Crippen LogP contribution is -2.17. The molecular formula is C15H18N4O2. The topological polar surface area (TPSA) is 80.1 Å². The first kappa shape index (κ1) is 13.8. The molecule has 0 bridgehead atoms. The molecule has 2 aromatic rings. The van der Waals surface area contributed by atoms with Crippen LogP contribution in [0.2, 0.25) is 0 Å². The zero-order chi connectivity index (χ0) is 14.8. The molecule has 1 saturated heterocycles. The molecule has 3 rings (SSSR count). The van der Waals surface area contributed by atoms with Crippen LogP contribution in [0.15, 0.2) is 24.4 Å². The van der Waals surface area contributed by atoms with E-state index >= 15 is 0 Å². The molecule has 1 unspecified atom stereocenters. The maximum Gasteiger partial charge on any atom is 0.278 e. The fraction of sp³-hybridized carbons (Fsp3) is 0.400. The highest BCUT2D eigenvalue weighted by atomic mass is 16.6. The van der Waals surface area contributed by atoms with E-state index in [0.717, 1.165) is 36.4 Å². The van der Waals surface area contributed by atoms with Gasteiger partial charge in [0.2, 0.25) is 0 Å². The zero-order valence-electron chi connectivity index (χ0n) is 11.9. The van der Waals surface area contributed by atoms with Gasteiger partial charge in [-0.3, -0.25) is 15.1 Å². The summed E-state index contributed by atoms with van der Waals surface area (Å²) in [5.74, 6) is 0.609. The molecule has 110 valence electrons. The lowest BCUT2D eigenvalue weighted by molar-refractivity contribution is -0.383. The first-order valence-corrected chi connectivity index (χ1v) is 7.13. The highest BCUT2D eigenvalue weighted by molar-refractivity contribution is 5.99. The number of rotatable bonds is 4. The molecule has 2 N–H and O–H groups in total. The molecule has 0 radical (unpaired) electrons. The first-order chi connectivity index (χ1) is 10.1. The minimum Gasteiger partial charge on any atom is -0.384 e. The summed E-state index contributed by atoms with van der Waals surface area (Å²) in [4.78, 5) is 15.0. The van der Waals surface area contributed by atoms with E-state index in [1.54, 1.807) is 18.3 Å². The smallest absolute Gasteiger partial charge is 0.278 e. The second-order valence-corrected chi connectivity index (χ2v) is 5.50. The SMILES string of the molecule is Cc1cc2c(NCC3CCNC3)ccc([N+](=O)[O-])c2cn1. The van der Waals surface area contributed by atoms with Gasteiger partial charge >= 0.3 is 0 Å². The maximum atomic E-state index is 11.1. The molecule has 6 heteroatoms. The second kappa shape index (κ2) is 5.65. The van der Waals surface area contributed by atoms with Crippen LogP contribution >= 0.6 is 0 Å². The summed E-state index contributed by atoms with van der Waals surface area (Å²) in [6.45, 7) is 4.86. The van der Waals surface area contributed by atoms with E-state index in [0.29, 0.717) is 11.3 Å². The van der Waals surface area contributed by atoms with Crippen LogP contribution in [0.4, 0.5) is 11.4 Å². The molecule has 21 heavy (non-hydrogen) atoms. The van der Waals surface area contributed by atoms with E-state index in [-0.39, 0.29) is 10.6 Å². The van der Waals surface area contributed by atoms with Gasteiger partial charge in [-0.2, -0.15) is 0 Å². The number of hydrogen-bond donors (Lipinski definition) is 2.